The quantitative estimate of drug-likeness (QED) is 0.713. The molecule has 3 rings (SSSR count). The molecule has 0 spiro atoms. The fraction of sp³-hybridized carbons (Fsp3) is 0.526. The number of Topliss-reactive ketones (excluding diaryl/α,β-unsaturated/α-hetero) is 1. The molecule has 1 N–H and O–H groups in total. The first kappa shape index (κ1) is 18.5. The van der Waals surface area contributed by atoms with Gasteiger partial charge in [0.2, 0.25) is 11.7 Å². The monoisotopic (exact) mass is 358 g/mol. The molecule has 2 aromatic heterocycles. The summed E-state index contributed by atoms with van der Waals surface area (Å²) in [5.41, 5.74) is 3.00. The lowest BCUT2D eigenvalue weighted by Crippen LogP contribution is -3.15. The number of aromatic nitrogens is 3. The van der Waals surface area contributed by atoms with Gasteiger partial charge >= 0.3 is 0 Å². The van der Waals surface area contributed by atoms with Crippen molar-refractivity contribution < 1.29 is 14.4 Å². The first-order valence-corrected chi connectivity index (χ1v) is 9.14. The summed E-state index contributed by atoms with van der Waals surface area (Å²) >= 11 is 0. The number of hydrogen-bond acceptors (Lipinski definition) is 5. The van der Waals surface area contributed by atoms with Crippen molar-refractivity contribution in [3.63, 3.8) is 0 Å². The number of methoxy groups -OCH3 is 1. The summed E-state index contributed by atoms with van der Waals surface area (Å²) in [6, 6.07) is 3.84. The average molecular weight is 358 g/mol. The van der Waals surface area contributed by atoms with Crippen LogP contribution < -0.4 is 9.80 Å². The Morgan fingerprint density at radius 2 is 1.92 bits per heavy atom. The average Bonchev–Trinajstić information content (AvgIpc) is 2.95. The second kappa shape index (κ2) is 8.42. The normalized spacial score (nSPS) is 15.4. The van der Waals surface area contributed by atoms with Gasteiger partial charge in [-0.1, -0.05) is 0 Å². The second-order valence-electron chi connectivity index (χ2n) is 6.82. The Balaban J connectivity index is 1.58. The summed E-state index contributed by atoms with van der Waals surface area (Å²) in [4.78, 5) is 24.9. The molecule has 1 aliphatic heterocycles. The Morgan fingerprint density at radius 3 is 2.58 bits per heavy atom. The van der Waals surface area contributed by atoms with Gasteiger partial charge in [0, 0.05) is 43.0 Å². The van der Waals surface area contributed by atoms with Crippen LogP contribution in [0.15, 0.2) is 24.5 Å². The highest BCUT2D eigenvalue weighted by atomic mass is 16.5. The molecule has 7 heteroatoms. The lowest BCUT2D eigenvalue weighted by Gasteiger charge is -2.31. The largest absolute Gasteiger partial charge is 0.383 e. The molecule has 140 valence electrons. The number of carbonyl (C=O) groups is 1. The highest BCUT2D eigenvalue weighted by Gasteiger charge is 2.25. The molecule has 1 saturated heterocycles. The highest BCUT2D eigenvalue weighted by Crippen LogP contribution is 2.15. The van der Waals surface area contributed by atoms with E-state index in [-0.39, 0.29) is 5.78 Å². The summed E-state index contributed by atoms with van der Waals surface area (Å²) in [6.07, 6.45) is 3.54. The van der Waals surface area contributed by atoms with Crippen LogP contribution in [0.5, 0.6) is 0 Å². The molecule has 1 aliphatic rings. The van der Waals surface area contributed by atoms with Crippen molar-refractivity contribution in [2.45, 2.75) is 20.4 Å². The van der Waals surface area contributed by atoms with Crippen LogP contribution in [0.4, 0.5) is 5.95 Å². The van der Waals surface area contributed by atoms with Crippen LogP contribution in [-0.4, -0.2) is 66.8 Å². The molecular weight excluding hydrogens is 330 g/mol. The van der Waals surface area contributed by atoms with Gasteiger partial charge in [-0.3, -0.25) is 4.79 Å². The lowest BCUT2D eigenvalue weighted by molar-refractivity contribution is -0.892. The number of ketones is 1. The number of quaternary nitrogens is 1. The molecule has 7 nitrogen and oxygen atoms in total. The molecule has 2 aromatic rings. The Morgan fingerprint density at radius 1 is 1.23 bits per heavy atom. The van der Waals surface area contributed by atoms with Crippen molar-refractivity contribution in [3.05, 3.63) is 41.5 Å². The van der Waals surface area contributed by atoms with Crippen molar-refractivity contribution in [2.75, 3.05) is 51.3 Å². The lowest BCUT2D eigenvalue weighted by atomic mass is 10.1. The van der Waals surface area contributed by atoms with Gasteiger partial charge in [0.25, 0.3) is 0 Å². The van der Waals surface area contributed by atoms with Crippen molar-refractivity contribution in [1.29, 1.82) is 0 Å². The van der Waals surface area contributed by atoms with Crippen LogP contribution in [-0.2, 0) is 11.3 Å². The van der Waals surface area contributed by atoms with E-state index in [0.717, 1.165) is 55.6 Å². The first-order chi connectivity index (χ1) is 12.6. The van der Waals surface area contributed by atoms with Crippen LogP contribution in [0.1, 0.15) is 21.7 Å². The first-order valence-electron chi connectivity index (χ1n) is 9.14. The molecular formula is C19H28N5O2+. The molecule has 3 heterocycles. The Kier molecular flexibility index (Phi) is 6.00. The van der Waals surface area contributed by atoms with E-state index in [4.69, 9.17) is 4.74 Å². The topological polar surface area (TPSA) is 64.7 Å². The zero-order chi connectivity index (χ0) is 18.5. The van der Waals surface area contributed by atoms with Gasteiger partial charge in [-0.2, -0.15) is 0 Å². The number of hydrogen-bond donors (Lipinski definition) is 1. The number of piperazine rings is 1. The van der Waals surface area contributed by atoms with E-state index in [1.807, 2.05) is 26.0 Å². The van der Waals surface area contributed by atoms with Crippen molar-refractivity contribution in [1.82, 2.24) is 14.5 Å². The summed E-state index contributed by atoms with van der Waals surface area (Å²) in [5, 5.41) is 0. The molecule has 0 aliphatic carbocycles. The summed E-state index contributed by atoms with van der Waals surface area (Å²) < 4.78 is 7.33. The molecule has 0 atom stereocenters. The van der Waals surface area contributed by atoms with Crippen LogP contribution in [0.2, 0.25) is 0 Å². The fourth-order valence-corrected chi connectivity index (χ4v) is 3.59. The van der Waals surface area contributed by atoms with Gasteiger partial charge < -0.3 is 19.1 Å². The van der Waals surface area contributed by atoms with E-state index in [2.05, 4.69) is 19.4 Å². The van der Waals surface area contributed by atoms with Gasteiger partial charge in [0.1, 0.15) is 6.54 Å². The third-order valence-electron chi connectivity index (χ3n) is 5.11. The van der Waals surface area contributed by atoms with E-state index in [1.165, 1.54) is 4.90 Å². The van der Waals surface area contributed by atoms with Gasteiger partial charge in [-0.05, 0) is 26.0 Å². The number of nitrogens with one attached hydrogen (secondary N) is 1. The maximum Gasteiger partial charge on any atom is 0.225 e. The molecule has 0 saturated carbocycles. The van der Waals surface area contributed by atoms with E-state index < -0.39 is 0 Å². The predicted molar refractivity (Wildman–Crippen MR) is 99.9 cm³/mol. The smallest absolute Gasteiger partial charge is 0.225 e. The SMILES string of the molecule is COCCn1c(C)cc(C(=O)C[NH+]2CCN(c3ncccn3)CC2)c1C. The zero-order valence-corrected chi connectivity index (χ0v) is 15.9. The van der Waals surface area contributed by atoms with Crippen LogP contribution in [0.25, 0.3) is 0 Å². The van der Waals surface area contributed by atoms with Gasteiger partial charge in [0.05, 0.1) is 32.8 Å². The molecule has 0 bridgehead atoms. The molecule has 0 amide bonds. The standard InChI is InChI=1S/C19H27N5O2/c1-15-13-17(16(2)24(15)11-12-26-3)18(25)14-22-7-9-23(10-8-22)19-20-5-4-6-21-19/h4-6,13H,7-12,14H2,1-3H3/p+1. The number of nitrogens with zero attached hydrogens (tertiary/aromatic N) is 4. The summed E-state index contributed by atoms with van der Waals surface area (Å²) in [6.45, 7) is 9.64. The Hall–Kier alpha value is -2.25. The Bertz CT molecular complexity index is 736. The highest BCUT2D eigenvalue weighted by molar-refractivity contribution is 5.98. The molecule has 0 radical (unpaired) electrons. The molecule has 26 heavy (non-hydrogen) atoms. The number of carbonyl (C=O) groups excluding carboxylic acids is 1. The van der Waals surface area contributed by atoms with Crippen LogP contribution in [0.3, 0.4) is 0 Å². The Labute approximate surface area is 154 Å². The van der Waals surface area contributed by atoms with Gasteiger partial charge in [0.15, 0.2) is 0 Å². The predicted octanol–water partition coefficient (Wildman–Crippen LogP) is 0.129. The minimum Gasteiger partial charge on any atom is -0.383 e. The second-order valence-corrected chi connectivity index (χ2v) is 6.82. The van der Waals surface area contributed by atoms with Crippen LogP contribution >= 0.6 is 0 Å². The summed E-state index contributed by atoms with van der Waals surface area (Å²) in [7, 11) is 1.70. The number of anilines is 1. The number of rotatable bonds is 7. The van der Waals surface area contributed by atoms with E-state index in [1.54, 1.807) is 19.5 Å². The van der Waals surface area contributed by atoms with E-state index in [0.29, 0.717) is 13.2 Å². The third-order valence-corrected chi connectivity index (χ3v) is 5.11. The van der Waals surface area contributed by atoms with Gasteiger partial charge in [-0.15, -0.1) is 0 Å². The molecule has 1 fully saturated rings. The maximum atomic E-state index is 12.8. The van der Waals surface area contributed by atoms with Crippen molar-refractivity contribution in [3.8, 4) is 0 Å². The van der Waals surface area contributed by atoms with E-state index in [9.17, 15) is 4.79 Å². The van der Waals surface area contributed by atoms with Crippen molar-refractivity contribution >= 4 is 11.7 Å². The minimum atomic E-state index is 0.223. The third kappa shape index (κ3) is 4.11. The fourth-order valence-electron chi connectivity index (χ4n) is 3.59. The van der Waals surface area contributed by atoms with E-state index >= 15 is 0 Å². The number of ether oxygens (including phenoxy) is 1. The minimum absolute atomic E-state index is 0.223. The molecule has 0 unspecified atom stereocenters. The zero-order valence-electron chi connectivity index (χ0n) is 15.9. The van der Waals surface area contributed by atoms with Crippen molar-refractivity contribution in [2.24, 2.45) is 0 Å². The van der Waals surface area contributed by atoms with Gasteiger partial charge in [-0.25, -0.2) is 9.97 Å². The maximum absolute atomic E-state index is 12.8. The molecule has 0 aromatic carbocycles. The van der Waals surface area contributed by atoms with Crippen LogP contribution in [0, 0.1) is 13.8 Å². The summed E-state index contributed by atoms with van der Waals surface area (Å²) in [5.74, 6) is 1.00. The number of aryl methyl sites for hydroxylation is 1.